The van der Waals surface area contributed by atoms with Crippen LogP contribution in [0.3, 0.4) is 0 Å². The summed E-state index contributed by atoms with van der Waals surface area (Å²) in [6, 6.07) is 13.2. The number of aryl methyl sites for hydroxylation is 1. The number of nitrogens with zero attached hydrogens (tertiary/aromatic N) is 2. The molecule has 1 N–H and O–H groups in total. The van der Waals surface area contributed by atoms with Crippen molar-refractivity contribution in [3.63, 3.8) is 0 Å². The number of nitro groups is 1. The van der Waals surface area contributed by atoms with Crippen LogP contribution in [-0.2, 0) is 6.42 Å². The molecule has 20 heavy (non-hydrogen) atoms. The number of hydrogen-bond donors (Lipinski definition) is 1. The van der Waals surface area contributed by atoms with E-state index in [2.05, 4.69) is 10.3 Å². The Balaban J connectivity index is 2.13. The molecule has 0 fully saturated rings. The zero-order valence-corrected chi connectivity index (χ0v) is 11.5. The summed E-state index contributed by atoms with van der Waals surface area (Å²) < 4.78 is 0. The van der Waals surface area contributed by atoms with E-state index in [1.165, 1.54) is 11.6 Å². The molecule has 0 aliphatic heterocycles. The molecule has 1 aromatic carbocycles. The lowest BCUT2D eigenvalue weighted by atomic mass is 10.1. The van der Waals surface area contributed by atoms with Crippen molar-refractivity contribution in [1.29, 1.82) is 0 Å². The standard InChI is InChI=1S/C15H17N3O2/c1-11-8-9-14(18(19)20)15(16-11)17-12(2)10-13-6-4-3-5-7-13/h3-9,12H,10H2,1-2H3,(H,16,17). The first-order valence-corrected chi connectivity index (χ1v) is 6.49. The molecule has 0 aliphatic rings. The molecule has 0 saturated carbocycles. The van der Waals surface area contributed by atoms with Gasteiger partial charge in [0.1, 0.15) is 0 Å². The van der Waals surface area contributed by atoms with E-state index in [4.69, 9.17) is 0 Å². The quantitative estimate of drug-likeness (QED) is 0.669. The Bertz CT molecular complexity index is 599. The maximum atomic E-state index is 11.0. The van der Waals surface area contributed by atoms with Gasteiger partial charge in [-0.2, -0.15) is 0 Å². The molecule has 104 valence electrons. The van der Waals surface area contributed by atoms with Crippen molar-refractivity contribution in [3.8, 4) is 0 Å². The van der Waals surface area contributed by atoms with Gasteiger partial charge in [-0.15, -0.1) is 0 Å². The minimum atomic E-state index is -0.413. The zero-order chi connectivity index (χ0) is 14.5. The van der Waals surface area contributed by atoms with Gasteiger partial charge in [-0.25, -0.2) is 4.98 Å². The van der Waals surface area contributed by atoms with E-state index in [0.717, 1.165) is 12.1 Å². The molecule has 2 aromatic rings. The highest BCUT2D eigenvalue weighted by atomic mass is 16.6. The third-order valence-corrected chi connectivity index (χ3v) is 2.98. The molecule has 0 spiro atoms. The van der Waals surface area contributed by atoms with Crippen LogP contribution in [0, 0.1) is 17.0 Å². The number of aromatic nitrogens is 1. The molecular weight excluding hydrogens is 254 g/mol. The minimum absolute atomic E-state index is 0.00973. The van der Waals surface area contributed by atoms with Crippen molar-refractivity contribution in [2.24, 2.45) is 0 Å². The Kier molecular flexibility index (Phi) is 4.30. The molecule has 0 bridgehead atoms. The van der Waals surface area contributed by atoms with Crippen LogP contribution < -0.4 is 5.32 Å². The van der Waals surface area contributed by atoms with Gasteiger partial charge in [0.25, 0.3) is 0 Å². The van der Waals surface area contributed by atoms with Gasteiger partial charge >= 0.3 is 5.69 Å². The monoisotopic (exact) mass is 271 g/mol. The number of rotatable bonds is 5. The number of anilines is 1. The smallest absolute Gasteiger partial charge is 0.311 e. The number of nitrogens with one attached hydrogen (secondary N) is 1. The first-order valence-electron chi connectivity index (χ1n) is 6.49. The molecule has 0 aliphatic carbocycles. The van der Waals surface area contributed by atoms with Gasteiger partial charge in [0.05, 0.1) is 4.92 Å². The molecule has 0 saturated heterocycles. The molecular formula is C15H17N3O2. The Hall–Kier alpha value is -2.43. The second-order valence-electron chi connectivity index (χ2n) is 4.81. The maximum Gasteiger partial charge on any atom is 0.311 e. The zero-order valence-electron chi connectivity index (χ0n) is 11.5. The average Bonchev–Trinajstić information content (AvgIpc) is 2.39. The van der Waals surface area contributed by atoms with Crippen LogP contribution in [0.5, 0.6) is 0 Å². The molecule has 2 rings (SSSR count). The first-order chi connectivity index (χ1) is 9.56. The lowest BCUT2D eigenvalue weighted by Crippen LogP contribution is -2.19. The van der Waals surface area contributed by atoms with E-state index >= 15 is 0 Å². The molecule has 5 nitrogen and oxygen atoms in total. The van der Waals surface area contributed by atoms with Gasteiger partial charge in [-0.1, -0.05) is 30.3 Å². The largest absolute Gasteiger partial charge is 0.362 e. The van der Waals surface area contributed by atoms with Crippen LogP contribution in [0.15, 0.2) is 42.5 Å². The summed E-state index contributed by atoms with van der Waals surface area (Å²) in [4.78, 5) is 14.8. The van der Waals surface area contributed by atoms with Crippen molar-refractivity contribution < 1.29 is 4.92 Å². The van der Waals surface area contributed by atoms with Gasteiger partial charge in [-0.3, -0.25) is 10.1 Å². The fourth-order valence-corrected chi connectivity index (χ4v) is 2.05. The molecule has 0 radical (unpaired) electrons. The van der Waals surface area contributed by atoms with Gasteiger partial charge in [-0.05, 0) is 31.9 Å². The second kappa shape index (κ2) is 6.14. The first kappa shape index (κ1) is 14.0. The maximum absolute atomic E-state index is 11.0. The van der Waals surface area contributed by atoms with Crippen molar-refractivity contribution in [1.82, 2.24) is 4.98 Å². The fourth-order valence-electron chi connectivity index (χ4n) is 2.05. The lowest BCUT2D eigenvalue weighted by molar-refractivity contribution is -0.384. The van der Waals surface area contributed by atoms with E-state index in [1.54, 1.807) is 6.07 Å². The van der Waals surface area contributed by atoms with Crippen molar-refractivity contribution >= 4 is 11.5 Å². The SMILES string of the molecule is Cc1ccc([N+](=O)[O-])c(NC(C)Cc2ccccc2)n1. The number of pyridine rings is 1. The minimum Gasteiger partial charge on any atom is -0.362 e. The van der Waals surface area contributed by atoms with Crippen LogP contribution in [-0.4, -0.2) is 15.9 Å². The van der Waals surface area contributed by atoms with Crippen LogP contribution in [0.25, 0.3) is 0 Å². The van der Waals surface area contributed by atoms with E-state index in [1.807, 2.05) is 44.2 Å². The summed E-state index contributed by atoms with van der Waals surface area (Å²) in [6.45, 7) is 3.80. The van der Waals surface area contributed by atoms with E-state index in [0.29, 0.717) is 5.82 Å². The molecule has 1 unspecified atom stereocenters. The second-order valence-corrected chi connectivity index (χ2v) is 4.81. The molecule has 1 atom stereocenters. The van der Waals surface area contributed by atoms with Crippen molar-refractivity contribution in [2.45, 2.75) is 26.3 Å². The van der Waals surface area contributed by atoms with Crippen LogP contribution in [0.1, 0.15) is 18.2 Å². The Morgan fingerprint density at radius 1 is 1.25 bits per heavy atom. The Morgan fingerprint density at radius 3 is 2.60 bits per heavy atom. The van der Waals surface area contributed by atoms with Crippen LogP contribution >= 0.6 is 0 Å². The summed E-state index contributed by atoms with van der Waals surface area (Å²) in [5, 5.41) is 14.1. The lowest BCUT2D eigenvalue weighted by Gasteiger charge is -2.15. The summed E-state index contributed by atoms with van der Waals surface area (Å²) in [6.07, 6.45) is 0.785. The fraction of sp³-hybridized carbons (Fsp3) is 0.267. The predicted molar refractivity (Wildman–Crippen MR) is 78.9 cm³/mol. The number of benzene rings is 1. The van der Waals surface area contributed by atoms with Gasteiger partial charge in [0.15, 0.2) is 0 Å². The van der Waals surface area contributed by atoms with E-state index in [9.17, 15) is 10.1 Å². The molecule has 0 amide bonds. The van der Waals surface area contributed by atoms with E-state index in [-0.39, 0.29) is 11.7 Å². The molecule has 5 heteroatoms. The van der Waals surface area contributed by atoms with Gasteiger partial charge in [0.2, 0.25) is 5.82 Å². The average molecular weight is 271 g/mol. The summed E-state index contributed by atoms with van der Waals surface area (Å²) >= 11 is 0. The normalized spacial score (nSPS) is 11.9. The predicted octanol–water partition coefficient (Wildman–Crippen LogP) is 3.34. The topological polar surface area (TPSA) is 68.1 Å². The third-order valence-electron chi connectivity index (χ3n) is 2.98. The molecule has 1 aromatic heterocycles. The number of hydrogen-bond acceptors (Lipinski definition) is 4. The molecule has 1 heterocycles. The summed E-state index contributed by atoms with van der Waals surface area (Å²) in [7, 11) is 0. The summed E-state index contributed by atoms with van der Waals surface area (Å²) in [5.41, 5.74) is 1.95. The van der Waals surface area contributed by atoms with Crippen LogP contribution in [0.2, 0.25) is 0 Å². The highest BCUT2D eigenvalue weighted by Gasteiger charge is 2.17. The Morgan fingerprint density at radius 2 is 1.95 bits per heavy atom. The van der Waals surface area contributed by atoms with Crippen molar-refractivity contribution in [3.05, 3.63) is 63.8 Å². The summed E-state index contributed by atoms with van der Waals surface area (Å²) in [5.74, 6) is 0.332. The van der Waals surface area contributed by atoms with Crippen molar-refractivity contribution in [2.75, 3.05) is 5.32 Å². The Labute approximate surface area is 117 Å². The van der Waals surface area contributed by atoms with Gasteiger partial charge < -0.3 is 5.32 Å². The van der Waals surface area contributed by atoms with E-state index < -0.39 is 4.92 Å². The van der Waals surface area contributed by atoms with Gasteiger partial charge in [0, 0.05) is 17.8 Å². The highest BCUT2D eigenvalue weighted by Crippen LogP contribution is 2.23. The van der Waals surface area contributed by atoms with Crippen LogP contribution in [0.4, 0.5) is 11.5 Å². The third kappa shape index (κ3) is 3.54. The highest BCUT2D eigenvalue weighted by molar-refractivity contribution is 5.56.